The second-order valence-electron chi connectivity index (χ2n) is 6.75. The van der Waals surface area contributed by atoms with Crippen LogP contribution in [0.3, 0.4) is 0 Å². The molecule has 0 radical (unpaired) electrons. The van der Waals surface area contributed by atoms with Crippen molar-refractivity contribution in [2.75, 3.05) is 14.2 Å². The van der Waals surface area contributed by atoms with Crippen LogP contribution in [0.1, 0.15) is 16.2 Å². The van der Waals surface area contributed by atoms with Gasteiger partial charge in [0.25, 0.3) is 5.91 Å². The second-order valence-corrected chi connectivity index (χ2v) is 8.13. The third-order valence-electron chi connectivity index (χ3n) is 4.59. The fourth-order valence-electron chi connectivity index (χ4n) is 3.12. The number of benzene rings is 2. The van der Waals surface area contributed by atoms with Crippen LogP contribution in [-0.4, -0.2) is 39.7 Å². The monoisotopic (exact) mass is 456 g/mol. The summed E-state index contributed by atoms with van der Waals surface area (Å²) in [6.45, 7) is 0.255. The van der Waals surface area contributed by atoms with E-state index in [1.54, 1.807) is 44.5 Å². The zero-order valence-corrected chi connectivity index (χ0v) is 18.3. The minimum Gasteiger partial charge on any atom is -0.496 e. The highest BCUT2D eigenvalue weighted by Crippen LogP contribution is 2.27. The van der Waals surface area contributed by atoms with E-state index in [0.717, 1.165) is 10.4 Å². The lowest BCUT2D eigenvalue weighted by Gasteiger charge is -2.17. The summed E-state index contributed by atoms with van der Waals surface area (Å²) in [5.74, 6) is 0.327. The van der Waals surface area contributed by atoms with Crippen LogP contribution in [0.25, 0.3) is 16.4 Å². The summed E-state index contributed by atoms with van der Waals surface area (Å²) in [7, 11) is 3.21. The van der Waals surface area contributed by atoms with Gasteiger partial charge in [0.2, 0.25) is 5.82 Å². The van der Waals surface area contributed by atoms with Gasteiger partial charge in [-0.1, -0.05) is 23.7 Å². The Bertz CT molecular complexity index is 1230. The number of rotatable bonds is 6. The number of halogens is 2. The molecule has 0 aliphatic rings. The third-order valence-corrected chi connectivity index (χ3v) is 5.69. The van der Waals surface area contributed by atoms with Crippen LogP contribution in [0.15, 0.2) is 60.0 Å². The minimum atomic E-state index is -0.400. The average Bonchev–Trinajstić information content (AvgIpc) is 3.43. The van der Waals surface area contributed by atoms with Crippen molar-refractivity contribution in [1.82, 2.24) is 19.7 Å². The first-order valence-electron chi connectivity index (χ1n) is 9.31. The molecule has 0 atom stereocenters. The normalized spacial score (nSPS) is 10.8. The van der Waals surface area contributed by atoms with E-state index in [1.165, 1.54) is 33.1 Å². The van der Waals surface area contributed by atoms with E-state index in [1.807, 2.05) is 17.5 Å². The van der Waals surface area contributed by atoms with E-state index in [2.05, 4.69) is 10.1 Å². The molecule has 0 spiro atoms. The summed E-state index contributed by atoms with van der Waals surface area (Å²) < 4.78 is 20.7. The molecule has 0 bridgehead atoms. The van der Waals surface area contributed by atoms with Crippen molar-refractivity contribution in [3.05, 3.63) is 82.2 Å². The zero-order valence-electron chi connectivity index (χ0n) is 16.8. The van der Waals surface area contributed by atoms with E-state index in [4.69, 9.17) is 16.3 Å². The van der Waals surface area contributed by atoms with Gasteiger partial charge in [0.15, 0.2) is 5.82 Å². The standard InChI is InChI=1S/C22H18ClFN4O2S/c1-27(13-14-11-15(23)8-9-18(14)30-2)22(29)20-25-21(19-7-4-10-31-19)28(26-20)17-6-3-5-16(24)12-17/h3-12H,13H2,1-2H3. The molecule has 0 aliphatic heterocycles. The molecule has 158 valence electrons. The van der Waals surface area contributed by atoms with E-state index < -0.39 is 5.82 Å². The van der Waals surface area contributed by atoms with Crippen molar-refractivity contribution in [2.24, 2.45) is 0 Å². The summed E-state index contributed by atoms with van der Waals surface area (Å²) in [6, 6.07) is 15.0. The molecule has 0 fully saturated rings. The van der Waals surface area contributed by atoms with Gasteiger partial charge in [-0.2, -0.15) is 0 Å². The zero-order chi connectivity index (χ0) is 22.0. The molecule has 2 aromatic heterocycles. The maximum Gasteiger partial charge on any atom is 0.293 e. The molecule has 1 amide bonds. The van der Waals surface area contributed by atoms with Crippen molar-refractivity contribution >= 4 is 28.8 Å². The van der Waals surface area contributed by atoms with E-state index >= 15 is 0 Å². The molecule has 0 saturated carbocycles. The van der Waals surface area contributed by atoms with Gasteiger partial charge in [0, 0.05) is 24.2 Å². The first-order chi connectivity index (χ1) is 15.0. The summed E-state index contributed by atoms with van der Waals surface area (Å²) in [4.78, 5) is 19.9. The lowest BCUT2D eigenvalue weighted by atomic mass is 10.2. The Morgan fingerprint density at radius 2 is 2.06 bits per heavy atom. The quantitative estimate of drug-likeness (QED) is 0.406. The summed E-state index contributed by atoms with van der Waals surface area (Å²) in [5, 5.41) is 6.85. The van der Waals surface area contributed by atoms with Crippen molar-refractivity contribution in [2.45, 2.75) is 6.54 Å². The fraction of sp³-hybridized carbons (Fsp3) is 0.136. The number of nitrogens with zero attached hydrogens (tertiary/aromatic N) is 4. The topological polar surface area (TPSA) is 60.2 Å². The Labute approximate surface area is 187 Å². The summed E-state index contributed by atoms with van der Waals surface area (Å²) >= 11 is 7.56. The van der Waals surface area contributed by atoms with Gasteiger partial charge in [-0.25, -0.2) is 14.1 Å². The smallest absolute Gasteiger partial charge is 0.293 e. The molecule has 0 unspecified atom stereocenters. The molecule has 0 N–H and O–H groups in total. The maximum atomic E-state index is 13.8. The summed E-state index contributed by atoms with van der Waals surface area (Å²) in [5.41, 5.74) is 1.24. The first-order valence-corrected chi connectivity index (χ1v) is 10.6. The Morgan fingerprint density at radius 1 is 1.23 bits per heavy atom. The van der Waals surface area contributed by atoms with E-state index in [-0.39, 0.29) is 18.3 Å². The van der Waals surface area contributed by atoms with Crippen LogP contribution < -0.4 is 4.74 Å². The largest absolute Gasteiger partial charge is 0.496 e. The van der Waals surface area contributed by atoms with Crippen LogP contribution in [0.4, 0.5) is 4.39 Å². The van der Waals surface area contributed by atoms with Crippen LogP contribution in [0.2, 0.25) is 5.02 Å². The van der Waals surface area contributed by atoms with Crippen LogP contribution in [0.5, 0.6) is 5.75 Å². The molecular formula is C22H18ClFN4O2S. The number of methoxy groups -OCH3 is 1. The molecule has 9 heteroatoms. The van der Waals surface area contributed by atoms with Gasteiger partial charge >= 0.3 is 0 Å². The Morgan fingerprint density at radius 3 is 2.77 bits per heavy atom. The van der Waals surface area contributed by atoms with Gasteiger partial charge < -0.3 is 9.64 Å². The van der Waals surface area contributed by atoms with Gasteiger partial charge in [-0.15, -0.1) is 16.4 Å². The van der Waals surface area contributed by atoms with Gasteiger partial charge in [0.1, 0.15) is 11.6 Å². The fourth-order valence-corrected chi connectivity index (χ4v) is 4.02. The van der Waals surface area contributed by atoms with Gasteiger partial charge in [0.05, 0.1) is 17.7 Å². The number of carbonyl (C=O) groups excluding carboxylic acids is 1. The predicted molar refractivity (Wildman–Crippen MR) is 118 cm³/mol. The van der Waals surface area contributed by atoms with Crippen molar-refractivity contribution in [3.63, 3.8) is 0 Å². The van der Waals surface area contributed by atoms with Crippen molar-refractivity contribution in [1.29, 1.82) is 0 Å². The summed E-state index contributed by atoms with van der Waals surface area (Å²) in [6.07, 6.45) is 0. The number of thiophene rings is 1. The van der Waals surface area contributed by atoms with Crippen LogP contribution >= 0.6 is 22.9 Å². The molecule has 0 saturated heterocycles. The van der Waals surface area contributed by atoms with Crippen LogP contribution in [-0.2, 0) is 6.54 Å². The third kappa shape index (κ3) is 4.45. The molecule has 4 aromatic rings. The molecule has 2 heterocycles. The highest BCUT2D eigenvalue weighted by Gasteiger charge is 2.23. The Balaban J connectivity index is 1.69. The number of hydrogen-bond acceptors (Lipinski definition) is 5. The number of amides is 1. The highest BCUT2D eigenvalue weighted by molar-refractivity contribution is 7.13. The Kier molecular flexibility index (Phi) is 6.01. The SMILES string of the molecule is COc1ccc(Cl)cc1CN(C)C(=O)c1nc(-c2cccs2)n(-c2cccc(F)c2)n1. The Hall–Kier alpha value is -3.23. The lowest BCUT2D eigenvalue weighted by molar-refractivity contribution is 0.0772. The number of hydrogen-bond donors (Lipinski definition) is 0. The minimum absolute atomic E-state index is 0.0103. The van der Waals surface area contributed by atoms with Gasteiger partial charge in [-0.3, -0.25) is 4.79 Å². The molecule has 0 aliphatic carbocycles. The molecule has 31 heavy (non-hydrogen) atoms. The van der Waals surface area contributed by atoms with Crippen molar-refractivity contribution < 1.29 is 13.9 Å². The first kappa shape index (κ1) is 21.0. The lowest BCUT2D eigenvalue weighted by Crippen LogP contribution is -2.27. The van der Waals surface area contributed by atoms with Gasteiger partial charge in [-0.05, 0) is 47.8 Å². The molecule has 4 rings (SSSR count). The molecular weight excluding hydrogens is 439 g/mol. The predicted octanol–water partition coefficient (Wildman–Crippen LogP) is 5.07. The second kappa shape index (κ2) is 8.87. The van der Waals surface area contributed by atoms with Crippen molar-refractivity contribution in [3.8, 4) is 22.1 Å². The molecule has 6 nitrogen and oxygen atoms in total. The highest BCUT2D eigenvalue weighted by atomic mass is 35.5. The number of ether oxygens (including phenoxy) is 1. The molecule has 2 aromatic carbocycles. The van der Waals surface area contributed by atoms with E-state index in [0.29, 0.717) is 22.3 Å². The number of carbonyl (C=O) groups is 1. The van der Waals surface area contributed by atoms with Crippen LogP contribution in [0, 0.1) is 5.82 Å². The number of aromatic nitrogens is 3. The average molecular weight is 457 g/mol. The van der Waals surface area contributed by atoms with E-state index in [9.17, 15) is 9.18 Å². The maximum absolute atomic E-state index is 13.8.